The highest BCUT2D eigenvalue weighted by Gasteiger charge is 2.34. The quantitative estimate of drug-likeness (QED) is 0.836. The highest BCUT2D eigenvalue weighted by atomic mass is 79.9. The molecule has 1 heterocycles. The van der Waals surface area contributed by atoms with Gasteiger partial charge in [-0.2, -0.15) is 0 Å². The van der Waals surface area contributed by atoms with E-state index in [1.54, 1.807) is 7.11 Å². The molecule has 1 saturated heterocycles. The molecule has 88 valence electrons. The van der Waals surface area contributed by atoms with Gasteiger partial charge in [0, 0.05) is 4.47 Å². The van der Waals surface area contributed by atoms with Gasteiger partial charge in [0.25, 0.3) is 0 Å². The van der Waals surface area contributed by atoms with E-state index in [0.717, 1.165) is 22.2 Å². The third-order valence-electron chi connectivity index (χ3n) is 2.69. The van der Waals surface area contributed by atoms with E-state index in [1.807, 2.05) is 25.1 Å². The first-order chi connectivity index (χ1) is 7.65. The molecule has 2 rings (SSSR count). The minimum atomic E-state index is -0.701. The second-order valence-corrected chi connectivity index (χ2v) is 4.76. The standard InChI is InChI=1S/C12H15BrO3/c1-12(15-6-3-7-16-12)10-8-9(13)4-5-11(10)14-2/h4-5,8H,3,6-7H2,1-2H3. The smallest absolute Gasteiger partial charge is 0.195 e. The second kappa shape index (κ2) is 4.73. The summed E-state index contributed by atoms with van der Waals surface area (Å²) in [6.07, 6.45) is 0.936. The Morgan fingerprint density at radius 3 is 2.62 bits per heavy atom. The molecule has 0 saturated carbocycles. The van der Waals surface area contributed by atoms with Crippen molar-refractivity contribution in [2.24, 2.45) is 0 Å². The summed E-state index contributed by atoms with van der Waals surface area (Å²) in [6, 6.07) is 5.82. The van der Waals surface area contributed by atoms with Gasteiger partial charge in [0.2, 0.25) is 0 Å². The van der Waals surface area contributed by atoms with Crippen molar-refractivity contribution in [2.75, 3.05) is 20.3 Å². The first-order valence-electron chi connectivity index (χ1n) is 5.27. The Kier molecular flexibility index (Phi) is 3.52. The summed E-state index contributed by atoms with van der Waals surface area (Å²) < 4.78 is 17.8. The second-order valence-electron chi connectivity index (χ2n) is 3.84. The number of methoxy groups -OCH3 is 1. The predicted molar refractivity (Wildman–Crippen MR) is 64.6 cm³/mol. The molecule has 0 radical (unpaired) electrons. The van der Waals surface area contributed by atoms with Crippen LogP contribution in [0.1, 0.15) is 18.9 Å². The summed E-state index contributed by atoms with van der Waals surface area (Å²) in [5, 5.41) is 0. The van der Waals surface area contributed by atoms with Crippen molar-refractivity contribution in [1.29, 1.82) is 0 Å². The van der Waals surface area contributed by atoms with Crippen molar-refractivity contribution >= 4 is 15.9 Å². The molecule has 0 amide bonds. The highest BCUT2D eigenvalue weighted by molar-refractivity contribution is 9.10. The van der Waals surface area contributed by atoms with Gasteiger partial charge in [-0.3, -0.25) is 0 Å². The zero-order valence-corrected chi connectivity index (χ0v) is 11.0. The molecule has 1 aliphatic rings. The van der Waals surface area contributed by atoms with Gasteiger partial charge in [-0.25, -0.2) is 0 Å². The lowest BCUT2D eigenvalue weighted by Gasteiger charge is -2.35. The van der Waals surface area contributed by atoms with Crippen molar-refractivity contribution in [3.05, 3.63) is 28.2 Å². The molecule has 1 fully saturated rings. The average molecular weight is 287 g/mol. The van der Waals surface area contributed by atoms with Crippen LogP contribution in [0.25, 0.3) is 0 Å². The number of benzene rings is 1. The van der Waals surface area contributed by atoms with Crippen LogP contribution in [-0.4, -0.2) is 20.3 Å². The van der Waals surface area contributed by atoms with Gasteiger partial charge in [-0.15, -0.1) is 0 Å². The molecule has 0 aromatic heterocycles. The molecule has 0 atom stereocenters. The zero-order chi connectivity index (χ0) is 11.6. The van der Waals surface area contributed by atoms with Crippen LogP contribution in [-0.2, 0) is 15.3 Å². The lowest BCUT2D eigenvalue weighted by molar-refractivity contribution is -0.265. The molecular weight excluding hydrogens is 272 g/mol. The van der Waals surface area contributed by atoms with E-state index in [0.29, 0.717) is 13.2 Å². The molecule has 1 aromatic rings. The Bertz CT molecular complexity index is 373. The highest BCUT2D eigenvalue weighted by Crippen LogP contribution is 2.37. The Morgan fingerprint density at radius 2 is 2.00 bits per heavy atom. The average Bonchev–Trinajstić information content (AvgIpc) is 2.30. The minimum absolute atomic E-state index is 0.701. The molecule has 0 bridgehead atoms. The van der Waals surface area contributed by atoms with Gasteiger partial charge in [-0.05, 0) is 31.5 Å². The van der Waals surface area contributed by atoms with Crippen LogP contribution in [0.2, 0.25) is 0 Å². The van der Waals surface area contributed by atoms with Crippen molar-refractivity contribution in [2.45, 2.75) is 19.1 Å². The van der Waals surface area contributed by atoms with Crippen LogP contribution < -0.4 is 4.74 Å². The normalized spacial score (nSPS) is 19.4. The molecule has 1 aliphatic heterocycles. The van der Waals surface area contributed by atoms with E-state index < -0.39 is 5.79 Å². The summed E-state index contributed by atoms with van der Waals surface area (Å²) in [4.78, 5) is 0. The molecule has 0 spiro atoms. The number of halogens is 1. The van der Waals surface area contributed by atoms with Gasteiger partial charge in [0.15, 0.2) is 5.79 Å². The predicted octanol–water partition coefficient (Wildman–Crippen LogP) is 3.07. The number of hydrogen-bond acceptors (Lipinski definition) is 3. The SMILES string of the molecule is COc1ccc(Br)cc1C1(C)OCCCO1. The third-order valence-corrected chi connectivity index (χ3v) is 3.19. The fourth-order valence-corrected chi connectivity index (χ4v) is 2.19. The number of rotatable bonds is 2. The van der Waals surface area contributed by atoms with Crippen LogP contribution in [0.4, 0.5) is 0 Å². The van der Waals surface area contributed by atoms with Crippen molar-refractivity contribution in [1.82, 2.24) is 0 Å². The fourth-order valence-electron chi connectivity index (χ4n) is 1.83. The van der Waals surface area contributed by atoms with Gasteiger partial charge in [-0.1, -0.05) is 15.9 Å². The van der Waals surface area contributed by atoms with E-state index in [1.165, 1.54) is 0 Å². The fraction of sp³-hybridized carbons (Fsp3) is 0.500. The van der Waals surface area contributed by atoms with Crippen LogP contribution >= 0.6 is 15.9 Å². The number of hydrogen-bond donors (Lipinski definition) is 0. The summed E-state index contributed by atoms with van der Waals surface area (Å²) in [5.41, 5.74) is 0.920. The molecular formula is C12H15BrO3. The molecule has 4 heteroatoms. The van der Waals surface area contributed by atoms with Crippen LogP contribution in [0.3, 0.4) is 0 Å². The summed E-state index contributed by atoms with van der Waals surface area (Å²) >= 11 is 3.45. The maximum atomic E-state index is 5.73. The first-order valence-corrected chi connectivity index (χ1v) is 6.07. The van der Waals surface area contributed by atoms with Gasteiger partial charge < -0.3 is 14.2 Å². The molecule has 16 heavy (non-hydrogen) atoms. The summed E-state index contributed by atoms with van der Waals surface area (Å²) in [5.74, 6) is 0.0838. The molecule has 1 aromatic carbocycles. The zero-order valence-electron chi connectivity index (χ0n) is 9.46. The van der Waals surface area contributed by atoms with E-state index >= 15 is 0 Å². The lowest BCUT2D eigenvalue weighted by atomic mass is 10.1. The summed E-state index contributed by atoms with van der Waals surface area (Å²) in [7, 11) is 1.65. The van der Waals surface area contributed by atoms with E-state index in [9.17, 15) is 0 Å². The third kappa shape index (κ3) is 2.24. The summed E-state index contributed by atoms with van der Waals surface area (Å²) in [6.45, 7) is 3.36. The topological polar surface area (TPSA) is 27.7 Å². The Hall–Kier alpha value is -0.580. The van der Waals surface area contributed by atoms with Crippen molar-refractivity contribution in [3.8, 4) is 5.75 Å². The largest absolute Gasteiger partial charge is 0.496 e. The van der Waals surface area contributed by atoms with E-state index in [-0.39, 0.29) is 0 Å². The molecule has 0 N–H and O–H groups in total. The Morgan fingerprint density at radius 1 is 1.31 bits per heavy atom. The Balaban J connectivity index is 2.40. The first kappa shape index (κ1) is 11.9. The van der Waals surface area contributed by atoms with Crippen LogP contribution in [0, 0.1) is 0 Å². The van der Waals surface area contributed by atoms with E-state index in [4.69, 9.17) is 14.2 Å². The maximum absolute atomic E-state index is 5.73. The van der Waals surface area contributed by atoms with Gasteiger partial charge in [0.05, 0.1) is 25.9 Å². The molecule has 0 aliphatic carbocycles. The van der Waals surface area contributed by atoms with Gasteiger partial charge >= 0.3 is 0 Å². The number of ether oxygens (including phenoxy) is 3. The maximum Gasteiger partial charge on any atom is 0.195 e. The van der Waals surface area contributed by atoms with Crippen LogP contribution in [0.5, 0.6) is 5.75 Å². The molecule has 3 nitrogen and oxygen atoms in total. The van der Waals surface area contributed by atoms with Gasteiger partial charge in [0.1, 0.15) is 5.75 Å². The monoisotopic (exact) mass is 286 g/mol. The Labute approximate surface area is 104 Å². The molecule has 0 unspecified atom stereocenters. The van der Waals surface area contributed by atoms with E-state index in [2.05, 4.69) is 15.9 Å². The van der Waals surface area contributed by atoms with Crippen LogP contribution in [0.15, 0.2) is 22.7 Å². The minimum Gasteiger partial charge on any atom is -0.496 e. The lowest BCUT2D eigenvalue weighted by Crippen LogP contribution is -2.35. The van der Waals surface area contributed by atoms with Crippen molar-refractivity contribution < 1.29 is 14.2 Å². The van der Waals surface area contributed by atoms with Crippen molar-refractivity contribution in [3.63, 3.8) is 0 Å².